The van der Waals surface area contributed by atoms with E-state index >= 15 is 0 Å². The number of carbonyl (C=O) groups excluding carboxylic acids is 2. The zero-order chi connectivity index (χ0) is 20.6. The Morgan fingerprint density at radius 3 is 2.52 bits per heavy atom. The first-order valence-electron chi connectivity index (χ1n) is 8.72. The minimum atomic E-state index is -0.413. The van der Waals surface area contributed by atoms with E-state index < -0.39 is 5.91 Å². The van der Waals surface area contributed by atoms with Crippen LogP contribution in [0, 0.1) is 0 Å². The van der Waals surface area contributed by atoms with Crippen LogP contribution < -0.4 is 15.8 Å². The molecule has 3 aromatic rings. The number of hydrogen-bond donors (Lipinski definition) is 2. The van der Waals surface area contributed by atoms with Gasteiger partial charge < -0.3 is 15.8 Å². The number of aromatic nitrogens is 1. The Morgan fingerprint density at radius 2 is 1.83 bits per heavy atom. The van der Waals surface area contributed by atoms with Crippen LogP contribution in [0.5, 0.6) is 5.75 Å². The van der Waals surface area contributed by atoms with E-state index in [0.717, 1.165) is 14.4 Å². The van der Waals surface area contributed by atoms with Gasteiger partial charge in [0.1, 0.15) is 10.8 Å². The van der Waals surface area contributed by atoms with Crippen LogP contribution in [0.15, 0.2) is 81.3 Å². The Kier molecular flexibility index (Phi) is 7.26. The molecule has 0 radical (unpaired) electrons. The average Bonchev–Trinajstić information content (AvgIpc) is 2.71. The minimum Gasteiger partial charge on any atom is -0.493 e. The third-order valence-electron chi connectivity index (χ3n) is 3.78. The number of benzene rings is 2. The molecular weight excluding hydrogens is 454 g/mol. The van der Waals surface area contributed by atoms with Crippen LogP contribution in [-0.4, -0.2) is 23.4 Å². The van der Waals surface area contributed by atoms with Crippen molar-refractivity contribution in [3.05, 3.63) is 76.9 Å². The number of nitrogens with two attached hydrogens (primary N) is 1. The average molecular weight is 472 g/mol. The molecule has 0 bridgehead atoms. The lowest BCUT2D eigenvalue weighted by atomic mass is 10.2. The first-order valence-corrected chi connectivity index (χ1v) is 10.3. The highest BCUT2D eigenvalue weighted by Crippen LogP contribution is 2.30. The van der Waals surface area contributed by atoms with E-state index in [1.54, 1.807) is 36.5 Å². The summed E-state index contributed by atoms with van der Waals surface area (Å²) < 4.78 is 6.33. The summed E-state index contributed by atoms with van der Waals surface area (Å²) in [6.07, 6.45) is 1.87. The maximum Gasteiger partial charge on any atom is 0.256 e. The van der Waals surface area contributed by atoms with Crippen molar-refractivity contribution in [1.29, 1.82) is 0 Å². The number of pyridine rings is 1. The normalized spacial score (nSPS) is 10.4. The molecule has 0 saturated carbocycles. The highest BCUT2D eigenvalue weighted by molar-refractivity contribution is 9.10. The van der Waals surface area contributed by atoms with Crippen molar-refractivity contribution in [2.75, 3.05) is 11.9 Å². The van der Waals surface area contributed by atoms with Gasteiger partial charge in [-0.15, -0.1) is 0 Å². The van der Waals surface area contributed by atoms with Crippen molar-refractivity contribution in [3.8, 4) is 5.75 Å². The molecule has 2 aromatic carbocycles. The molecule has 29 heavy (non-hydrogen) atoms. The third kappa shape index (κ3) is 6.33. The van der Waals surface area contributed by atoms with E-state index in [2.05, 4.69) is 26.2 Å². The Balaban J connectivity index is 1.66. The summed E-state index contributed by atoms with van der Waals surface area (Å²) in [5.41, 5.74) is 6.28. The fourth-order valence-electron chi connectivity index (χ4n) is 2.38. The van der Waals surface area contributed by atoms with Crippen molar-refractivity contribution in [3.63, 3.8) is 0 Å². The Morgan fingerprint density at radius 1 is 1.07 bits per heavy atom. The topological polar surface area (TPSA) is 94.3 Å². The number of anilines is 1. The van der Waals surface area contributed by atoms with Crippen molar-refractivity contribution >= 4 is 45.2 Å². The first-order chi connectivity index (χ1) is 14.0. The molecule has 1 aromatic heterocycles. The molecule has 0 unspecified atom stereocenters. The van der Waals surface area contributed by atoms with Crippen molar-refractivity contribution in [1.82, 2.24) is 4.98 Å². The van der Waals surface area contributed by atoms with E-state index in [9.17, 15) is 9.59 Å². The number of hydrogen-bond acceptors (Lipinski definition) is 5. The van der Waals surface area contributed by atoms with Crippen LogP contribution in [0.4, 0.5) is 5.69 Å². The van der Waals surface area contributed by atoms with Gasteiger partial charge in [-0.1, -0.05) is 23.9 Å². The molecule has 2 amide bonds. The number of ether oxygens (including phenoxy) is 1. The molecule has 148 valence electrons. The maximum atomic E-state index is 12.8. The second-order valence-corrected chi connectivity index (χ2v) is 7.93. The number of rotatable bonds is 8. The largest absolute Gasteiger partial charge is 0.493 e. The monoisotopic (exact) mass is 471 g/mol. The van der Waals surface area contributed by atoms with Gasteiger partial charge >= 0.3 is 0 Å². The van der Waals surface area contributed by atoms with Gasteiger partial charge in [-0.3, -0.25) is 9.59 Å². The van der Waals surface area contributed by atoms with Gasteiger partial charge in [0, 0.05) is 21.3 Å². The van der Waals surface area contributed by atoms with Gasteiger partial charge in [0.15, 0.2) is 0 Å². The number of nitrogens with one attached hydrogen (secondary N) is 1. The van der Waals surface area contributed by atoms with E-state index in [1.807, 2.05) is 30.3 Å². The van der Waals surface area contributed by atoms with Gasteiger partial charge in [-0.25, -0.2) is 4.98 Å². The van der Waals surface area contributed by atoms with Crippen LogP contribution in [-0.2, 0) is 4.79 Å². The zero-order valence-corrected chi connectivity index (χ0v) is 17.7. The molecule has 6 nitrogen and oxygen atoms in total. The molecule has 1 heterocycles. The first kappa shape index (κ1) is 20.9. The van der Waals surface area contributed by atoms with Gasteiger partial charge in [-0.2, -0.15) is 0 Å². The molecule has 0 fully saturated rings. The van der Waals surface area contributed by atoms with Gasteiger partial charge in [0.25, 0.3) is 5.91 Å². The summed E-state index contributed by atoms with van der Waals surface area (Å²) in [4.78, 5) is 28.7. The van der Waals surface area contributed by atoms with Crippen LogP contribution in [0.1, 0.15) is 16.8 Å². The fraction of sp³-hybridized carbons (Fsp3) is 0.0952. The van der Waals surface area contributed by atoms with Crippen LogP contribution in [0.25, 0.3) is 0 Å². The molecule has 0 spiro atoms. The van der Waals surface area contributed by atoms with E-state index in [4.69, 9.17) is 10.5 Å². The molecule has 0 atom stereocenters. The van der Waals surface area contributed by atoms with E-state index in [1.165, 1.54) is 11.8 Å². The summed E-state index contributed by atoms with van der Waals surface area (Å²) in [6.45, 7) is 0.218. The molecule has 8 heteroatoms. The molecule has 3 N–H and O–H groups in total. The lowest BCUT2D eigenvalue weighted by Gasteiger charge is -2.10. The summed E-state index contributed by atoms with van der Waals surface area (Å²) in [6, 6.07) is 18.1. The highest BCUT2D eigenvalue weighted by Gasteiger charge is 2.13. The van der Waals surface area contributed by atoms with Gasteiger partial charge in [0.2, 0.25) is 5.91 Å². The summed E-state index contributed by atoms with van der Waals surface area (Å²) >= 11 is 4.79. The minimum absolute atomic E-state index is 0.153. The van der Waals surface area contributed by atoms with Crippen LogP contribution in [0.2, 0.25) is 0 Å². The standard InChI is InChI=1S/C21H18BrN3O3S/c22-14-5-10-20(24-13-14)29-18-4-2-1-3-17(18)21(27)25-15-6-8-16(9-7-15)28-12-11-19(23)26/h1-10,13H,11-12H2,(H2,23,26)(H,25,27). The lowest BCUT2D eigenvalue weighted by Crippen LogP contribution is -2.14. The summed E-state index contributed by atoms with van der Waals surface area (Å²) in [5, 5.41) is 3.68. The maximum absolute atomic E-state index is 12.8. The number of amides is 2. The Labute approximate surface area is 181 Å². The molecule has 0 aliphatic carbocycles. The molecule has 3 rings (SSSR count). The second-order valence-electron chi connectivity index (χ2n) is 5.96. The number of primary amides is 1. The predicted octanol–water partition coefficient (Wildman–Crippen LogP) is 4.50. The van der Waals surface area contributed by atoms with Crippen molar-refractivity contribution in [2.45, 2.75) is 16.3 Å². The van der Waals surface area contributed by atoms with E-state index in [-0.39, 0.29) is 18.9 Å². The van der Waals surface area contributed by atoms with Crippen LogP contribution >= 0.6 is 27.7 Å². The third-order valence-corrected chi connectivity index (χ3v) is 5.27. The predicted molar refractivity (Wildman–Crippen MR) is 116 cm³/mol. The van der Waals surface area contributed by atoms with Crippen molar-refractivity contribution in [2.24, 2.45) is 5.73 Å². The van der Waals surface area contributed by atoms with Crippen molar-refractivity contribution < 1.29 is 14.3 Å². The molecule has 0 saturated heterocycles. The SMILES string of the molecule is NC(=O)CCOc1ccc(NC(=O)c2ccccc2Sc2ccc(Br)cn2)cc1. The Hall–Kier alpha value is -2.84. The summed E-state index contributed by atoms with van der Waals surface area (Å²) in [5.74, 6) is -0.0297. The molecular formula is C21H18BrN3O3S. The smallest absolute Gasteiger partial charge is 0.256 e. The lowest BCUT2D eigenvalue weighted by molar-refractivity contribution is -0.118. The fourth-order valence-corrected chi connectivity index (χ4v) is 3.50. The van der Waals surface area contributed by atoms with Crippen LogP contribution in [0.3, 0.4) is 0 Å². The number of nitrogens with zero attached hydrogens (tertiary/aromatic N) is 1. The van der Waals surface area contributed by atoms with Gasteiger partial charge in [-0.05, 0) is 64.5 Å². The zero-order valence-electron chi connectivity index (χ0n) is 15.3. The van der Waals surface area contributed by atoms with Gasteiger partial charge in [0.05, 0.1) is 18.6 Å². The number of carbonyl (C=O) groups is 2. The number of halogens is 1. The Bertz CT molecular complexity index is 995. The second kappa shape index (κ2) is 10.1. The van der Waals surface area contributed by atoms with E-state index in [0.29, 0.717) is 17.0 Å². The molecule has 0 aliphatic rings. The highest BCUT2D eigenvalue weighted by atomic mass is 79.9. The quantitative estimate of drug-likeness (QED) is 0.504. The molecule has 0 aliphatic heterocycles. The summed E-state index contributed by atoms with van der Waals surface area (Å²) in [7, 11) is 0.